The molecule has 0 radical (unpaired) electrons. The number of benzene rings is 2. The lowest BCUT2D eigenvalue weighted by Gasteiger charge is -2.37. The van der Waals surface area contributed by atoms with Crippen LogP contribution in [0.2, 0.25) is 0 Å². The first-order valence-electron chi connectivity index (χ1n) is 12.4. The maximum Gasteiger partial charge on any atom is 0.417 e. The minimum Gasteiger partial charge on any atom is -0.441 e. The summed E-state index contributed by atoms with van der Waals surface area (Å²) in [6.45, 7) is 15.5. The Bertz CT molecular complexity index is 956. The van der Waals surface area contributed by atoms with Gasteiger partial charge in [0.2, 0.25) is 5.91 Å². The Morgan fingerprint density at radius 1 is 0.971 bits per heavy atom. The number of hydrogen-bond acceptors (Lipinski definition) is 4. The molecule has 2 aromatic rings. The standard InChI is InChI=1S/C29H40N2O3/c1-20(2)25(27(32)31-26(21(3)4)29(6,7)34-28(31)33)19-30(18-23-14-10-8-11-15-23)22(5)24-16-12-9-13-17-24/h8-17,20-22,25-26H,18-19H2,1-7H3/t22-,25-,26-/m0/s1. The van der Waals surface area contributed by atoms with Crippen LogP contribution in [0, 0.1) is 17.8 Å². The fourth-order valence-corrected chi connectivity index (χ4v) is 5.21. The van der Waals surface area contributed by atoms with Crippen LogP contribution in [0.4, 0.5) is 4.79 Å². The van der Waals surface area contributed by atoms with E-state index in [1.807, 2.05) is 64.1 Å². The van der Waals surface area contributed by atoms with E-state index >= 15 is 0 Å². The number of hydrogen-bond donors (Lipinski definition) is 0. The largest absolute Gasteiger partial charge is 0.441 e. The van der Waals surface area contributed by atoms with Crippen LogP contribution < -0.4 is 0 Å². The number of rotatable bonds is 9. The van der Waals surface area contributed by atoms with Crippen LogP contribution in [-0.4, -0.2) is 40.0 Å². The summed E-state index contributed by atoms with van der Waals surface area (Å²) in [4.78, 5) is 30.6. The predicted octanol–water partition coefficient (Wildman–Crippen LogP) is 6.30. The van der Waals surface area contributed by atoms with E-state index < -0.39 is 11.7 Å². The van der Waals surface area contributed by atoms with Gasteiger partial charge in [-0.2, -0.15) is 0 Å². The van der Waals surface area contributed by atoms with Gasteiger partial charge in [0.15, 0.2) is 0 Å². The van der Waals surface area contributed by atoms with Gasteiger partial charge in [0, 0.05) is 19.1 Å². The molecule has 3 atom stereocenters. The molecule has 2 aromatic carbocycles. The maximum atomic E-state index is 13.9. The molecule has 1 saturated heterocycles. The molecule has 3 rings (SSSR count). The van der Waals surface area contributed by atoms with Crippen molar-refractivity contribution in [1.29, 1.82) is 0 Å². The van der Waals surface area contributed by atoms with Gasteiger partial charge in [0.25, 0.3) is 0 Å². The highest BCUT2D eigenvalue weighted by Crippen LogP contribution is 2.36. The van der Waals surface area contributed by atoms with E-state index in [0.29, 0.717) is 6.54 Å². The van der Waals surface area contributed by atoms with Crippen LogP contribution in [0.1, 0.15) is 65.6 Å². The molecule has 0 saturated carbocycles. The van der Waals surface area contributed by atoms with Crippen molar-refractivity contribution >= 4 is 12.0 Å². The molecule has 0 spiro atoms. The van der Waals surface area contributed by atoms with Crippen LogP contribution in [0.15, 0.2) is 60.7 Å². The highest BCUT2D eigenvalue weighted by molar-refractivity contribution is 5.95. The molecule has 5 heteroatoms. The summed E-state index contributed by atoms with van der Waals surface area (Å²) in [5.41, 5.74) is 1.70. The number of ether oxygens (including phenoxy) is 1. The van der Waals surface area contributed by atoms with Crippen molar-refractivity contribution in [2.45, 2.75) is 72.7 Å². The lowest BCUT2D eigenvalue weighted by atomic mass is 9.86. The number of carbonyl (C=O) groups is 2. The summed E-state index contributed by atoms with van der Waals surface area (Å²) in [5, 5.41) is 0. The van der Waals surface area contributed by atoms with Gasteiger partial charge >= 0.3 is 6.09 Å². The number of imide groups is 1. The molecule has 184 valence electrons. The van der Waals surface area contributed by atoms with Crippen LogP contribution in [0.3, 0.4) is 0 Å². The van der Waals surface area contributed by atoms with E-state index in [1.165, 1.54) is 16.0 Å². The molecule has 0 bridgehead atoms. The maximum absolute atomic E-state index is 13.9. The summed E-state index contributed by atoms with van der Waals surface area (Å²) in [6, 6.07) is 20.5. The third-order valence-electron chi connectivity index (χ3n) is 7.02. The van der Waals surface area contributed by atoms with E-state index in [0.717, 1.165) is 6.54 Å². The SMILES string of the molecule is CC(C)[C@H](CN(Cc1ccccc1)[C@@H](C)c1ccccc1)C(=O)N1C(=O)OC(C)(C)[C@@H]1C(C)C. The zero-order chi connectivity index (χ0) is 25.0. The average Bonchev–Trinajstić information content (AvgIpc) is 3.04. The van der Waals surface area contributed by atoms with Gasteiger partial charge in [-0.05, 0) is 43.7 Å². The van der Waals surface area contributed by atoms with Crippen molar-refractivity contribution in [2.24, 2.45) is 17.8 Å². The molecule has 0 unspecified atom stereocenters. The van der Waals surface area contributed by atoms with Gasteiger partial charge < -0.3 is 4.74 Å². The van der Waals surface area contributed by atoms with Gasteiger partial charge in [-0.25, -0.2) is 9.69 Å². The normalized spacial score (nSPS) is 19.5. The zero-order valence-electron chi connectivity index (χ0n) is 21.7. The minimum atomic E-state index is -0.705. The van der Waals surface area contributed by atoms with E-state index in [4.69, 9.17) is 4.74 Å². The number of carbonyl (C=O) groups excluding carboxylic acids is 2. The fourth-order valence-electron chi connectivity index (χ4n) is 5.21. The van der Waals surface area contributed by atoms with Gasteiger partial charge in [0.05, 0.1) is 12.0 Å². The number of cyclic esters (lactones) is 1. The molecule has 1 fully saturated rings. The third kappa shape index (κ3) is 5.69. The summed E-state index contributed by atoms with van der Waals surface area (Å²) >= 11 is 0. The quantitative estimate of drug-likeness (QED) is 0.437. The van der Waals surface area contributed by atoms with Crippen LogP contribution in [-0.2, 0) is 16.1 Å². The van der Waals surface area contributed by atoms with Gasteiger partial charge in [-0.3, -0.25) is 9.69 Å². The second-order valence-electron chi connectivity index (χ2n) is 10.7. The van der Waals surface area contributed by atoms with Crippen molar-refractivity contribution in [3.05, 3.63) is 71.8 Å². The summed E-state index contributed by atoms with van der Waals surface area (Å²) < 4.78 is 5.66. The Kier molecular flexibility index (Phi) is 8.19. The molecule has 1 heterocycles. The van der Waals surface area contributed by atoms with Crippen LogP contribution in [0.5, 0.6) is 0 Å². The number of amides is 2. The molecular weight excluding hydrogens is 424 g/mol. The first kappa shape index (κ1) is 26.0. The lowest BCUT2D eigenvalue weighted by molar-refractivity contribution is -0.137. The topological polar surface area (TPSA) is 49.9 Å². The molecule has 0 aromatic heterocycles. The predicted molar refractivity (Wildman–Crippen MR) is 136 cm³/mol. The summed E-state index contributed by atoms with van der Waals surface area (Å²) in [7, 11) is 0. The van der Waals surface area contributed by atoms with E-state index in [1.54, 1.807) is 0 Å². The molecule has 2 amide bonds. The summed E-state index contributed by atoms with van der Waals surface area (Å²) in [5.74, 6) is -0.305. The number of nitrogens with zero attached hydrogens (tertiary/aromatic N) is 2. The Labute approximate surface area is 205 Å². The Morgan fingerprint density at radius 3 is 2.06 bits per heavy atom. The molecule has 1 aliphatic rings. The molecule has 34 heavy (non-hydrogen) atoms. The minimum absolute atomic E-state index is 0.0677. The van der Waals surface area contributed by atoms with Crippen LogP contribution in [0.25, 0.3) is 0 Å². The van der Waals surface area contributed by atoms with Crippen molar-refractivity contribution in [2.75, 3.05) is 6.54 Å². The van der Waals surface area contributed by atoms with E-state index in [-0.39, 0.29) is 35.7 Å². The first-order valence-corrected chi connectivity index (χ1v) is 12.4. The second-order valence-corrected chi connectivity index (χ2v) is 10.7. The lowest BCUT2D eigenvalue weighted by Crippen LogP contribution is -2.52. The van der Waals surface area contributed by atoms with Crippen molar-refractivity contribution in [3.63, 3.8) is 0 Å². The zero-order valence-corrected chi connectivity index (χ0v) is 21.7. The third-order valence-corrected chi connectivity index (χ3v) is 7.02. The van der Waals surface area contributed by atoms with Gasteiger partial charge in [-0.15, -0.1) is 0 Å². The van der Waals surface area contributed by atoms with Gasteiger partial charge in [-0.1, -0.05) is 88.4 Å². The monoisotopic (exact) mass is 464 g/mol. The Balaban J connectivity index is 1.92. The first-order chi connectivity index (χ1) is 16.0. The van der Waals surface area contributed by atoms with Crippen molar-refractivity contribution in [1.82, 2.24) is 9.80 Å². The smallest absolute Gasteiger partial charge is 0.417 e. The van der Waals surface area contributed by atoms with Gasteiger partial charge in [0.1, 0.15) is 5.60 Å². The second kappa shape index (κ2) is 10.7. The summed E-state index contributed by atoms with van der Waals surface area (Å²) in [6.07, 6.45) is -0.523. The highest BCUT2D eigenvalue weighted by Gasteiger charge is 2.53. The average molecular weight is 465 g/mol. The van der Waals surface area contributed by atoms with Crippen molar-refractivity contribution < 1.29 is 14.3 Å². The van der Waals surface area contributed by atoms with Crippen LogP contribution >= 0.6 is 0 Å². The fraction of sp³-hybridized carbons (Fsp3) is 0.517. The highest BCUT2D eigenvalue weighted by atomic mass is 16.6. The Morgan fingerprint density at radius 2 is 1.53 bits per heavy atom. The molecular formula is C29H40N2O3. The molecule has 1 aliphatic heterocycles. The van der Waals surface area contributed by atoms with Crippen molar-refractivity contribution in [3.8, 4) is 0 Å². The molecule has 5 nitrogen and oxygen atoms in total. The Hall–Kier alpha value is -2.66. The van der Waals surface area contributed by atoms with E-state index in [2.05, 4.69) is 49.9 Å². The molecule has 0 aliphatic carbocycles. The van der Waals surface area contributed by atoms with E-state index in [9.17, 15) is 9.59 Å². The molecule has 0 N–H and O–H groups in total.